The summed E-state index contributed by atoms with van der Waals surface area (Å²) in [6, 6.07) is 0. The lowest BCUT2D eigenvalue weighted by atomic mass is 10.2. The van der Waals surface area contributed by atoms with Crippen LogP contribution in [-0.4, -0.2) is 54.9 Å². The summed E-state index contributed by atoms with van der Waals surface area (Å²) >= 11 is 0. The summed E-state index contributed by atoms with van der Waals surface area (Å²) < 4.78 is 0. The molecule has 0 aromatic rings. The van der Waals surface area contributed by atoms with E-state index in [9.17, 15) is 0 Å². The van der Waals surface area contributed by atoms with Crippen molar-refractivity contribution in [3.8, 4) is 0 Å². The fourth-order valence-corrected chi connectivity index (χ4v) is 1.99. The molecule has 4 nitrogen and oxygen atoms in total. The van der Waals surface area contributed by atoms with Gasteiger partial charge in [0.2, 0.25) is 0 Å². The maximum atomic E-state index is 7.19. The standard InChI is InChI=1S/C11H24N4/c1-10(2)9-15-7-5-14(6-8-15)4-3-11(12)13/h10H,3-9H2,1-2H3,(H3,12,13). The number of hydrogen-bond acceptors (Lipinski definition) is 3. The first-order valence-electron chi connectivity index (χ1n) is 5.85. The topological polar surface area (TPSA) is 56.4 Å². The molecule has 1 heterocycles. The van der Waals surface area contributed by atoms with Crippen LogP contribution >= 0.6 is 0 Å². The van der Waals surface area contributed by atoms with Crippen LogP contribution in [0.3, 0.4) is 0 Å². The number of nitrogens with one attached hydrogen (secondary N) is 1. The third-order valence-corrected chi connectivity index (χ3v) is 2.79. The highest BCUT2D eigenvalue weighted by Gasteiger charge is 2.16. The van der Waals surface area contributed by atoms with E-state index in [2.05, 4.69) is 23.6 Å². The fraction of sp³-hybridized carbons (Fsp3) is 0.909. The Labute approximate surface area is 92.9 Å². The van der Waals surface area contributed by atoms with E-state index in [0.29, 0.717) is 12.3 Å². The van der Waals surface area contributed by atoms with Gasteiger partial charge in [-0.15, -0.1) is 0 Å². The molecule has 88 valence electrons. The summed E-state index contributed by atoms with van der Waals surface area (Å²) in [5, 5.41) is 7.19. The Kier molecular flexibility index (Phi) is 5.05. The molecule has 4 heteroatoms. The summed E-state index contributed by atoms with van der Waals surface area (Å²) in [5.74, 6) is 1.06. The summed E-state index contributed by atoms with van der Waals surface area (Å²) in [7, 11) is 0. The third kappa shape index (κ3) is 5.14. The molecule has 3 N–H and O–H groups in total. The normalized spacial score (nSPS) is 19.7. The predicted molar refractivity (Wildman–Crippen MR) is 64.2 cm³/mol. The van der Waals surface area contributed by atoms with Crippen molar-refractivity contribution in [2.24, 2.45) is 11.7 Å². The molecule has 0 amide bonds. The Balaban J connectivity index is 2.15. The molecule has 0 aromatic heterocycles. The van der Waals surface area contributed by atoms with Gasteiger partial charge in [-0.05, 0) is 5.92 Å². The maximum absolute atomic E-state index is 7.19. The van der Waals surface area contributed by atoms with Crippen LogP contribution in [0.2, 0.25) is 0 Å². The van der Waals surface area contributed by atoms with Gasteiger partial charge in [-0.2, -0.15) is 0 Å². The van der Waals surface area contributed by atoms with Crippen LogP contribution in [0.5, 0.6) is 0 Å². The minimum Gasteiger partial charge on any atom is -0.388 e. The van der Waals surface area contributed by atoms with E-state index in [1.807, 2.05) is 0 Å². The highest BCUT2D eigenvalue weighted by Crippen LogP contribution is 2.05. The number of nitrogens with zero attached hydrogens (tertiary/aromatic N) is 2. The third-order valence-electron chi connectivity index (χ3n) is 2.79. The summed E-state index contributed by atoms with van der Waals surface area (Å²) in [6.45, 7) is 11.3. The van der Waals surface area contributed by atoms with E-state index in [-0.39, 0.29) is 0 Å². The largest absolute Gasteiger partial charge is 0.388 e. The predicted octanol–water partition coefficient (Wildman–Crippen LogP) is 0.586. The quantitative estimate of drug-likeness (QED) is 0.518. The second kappa shape index (κ2) is 6.08. The van der Waals surface area contributed by atoms with Gasteiger partial charge in [0.25, 0.3) is 0 Å². The number of amidine groups is 1. The number of rotatable bonds is 5. The molecule has 0 aromatic carbocycles. The first-order valence-corrected chi connectivity index (χ1v) is 5.85. The van der Waals surface area contributed by atoms with Gasteiger partial charge in [0.15, 0.2) is 0 Å². The van der Waals surface area contributed by atoms with Crippen molar-refractivity contribution in [3.63, 3.8) is 0 Å². The number of hydrogen-bond donors (Lipinski definition) is 2. The van der Waals surface area contributed by atoms with Gasteiger partial charge in [0, 0.05) is 45.7 Å². The van der Waals surface area contributed by atoms with Crippen molar-refractivity contribution in [2.75, 3.05) is 39.3 Å². The van der Waals surface area contributed by atoms with Crippen molar-refractivity contribution in [2.45, 2.75) is 20.3 Å². The molecule has 1 saturated heterocycles. The van der Waals surface area contributed by atoms with Gasteiger partial charge in [-0.3, -0.25) is 5.41 Å². The molecule has 0 saturated carbocycles. The minimum atomic E-state index is 0.305. The Hall–Kier alpha value is -0.610. The van der Waals surface area contributed by atoms with Crippen molar-refractivity contribution >= 4 is 5.84 Å². The highest BCUT2D eigenvalue weighted by molar-refractivity contribution is 5.76. The van der Waals surface area contributed by atoms with Crippen LogP contribution in [0.25, 0.3) is 0 Å². The first-order chi connectivity index (χ1) is 7.08. The van der Waals surface area contributed by atoms with Crippen molar-refractivity contribution in [1.29, 1.82) is 5.41 Å². The minimum absolute atomic E-state index is 0.305. The zero-order valence-electron chi connectivity index (χ0n) is 10.00. The van der Waals surface area contributed by atoms with Crippen LogP contribution in [0.4, 0.5) is 0 Å². The van der Waals surface area contributed by atoms with Crippen LogP contribution in [-0.2, 0) is 0 Å². The van der Waals surface area contributed by atoms with Crippen molar-refractivity contribution < 1.29 is 0 Å². The maximum Gasteiger partial charge on any atom is 0.0918 e. The van der Waals surface area contributed by atoms with Crippen LogP contribution in [0.15, 0.2) is 0 Å². The Morgan fingerprint density at radius 1 is 1.20 bits per heavy atom. The van der Waals surface area contributed by atoms with Gasteiger partial charge >= 0.3 is 0 Å². The highest BCUT2D eigenvalue weighted by atomic mass is 15.3. The second-order valence-corrected chi connectivity index (χ2v) is 4.81. The molecule has 1 aliphatic rings. The Morgan fingerprint density at radius 2 is 1.73 bits per heavy atom. The van der Waals surface area contributed by atoms with E-state index >= 15 is 0 Å². The van der Waals surface area contributed by atoms with Crippen molar-refractivity contribution in [3.05, 3.63) is 0 Å². The second-order valence-electron chi connectivity index (χ2n) is 4.81. The van der Waals surface area contributed by atoms with E-state index in [1.54, 1.807) is 0 Å². The molecule has 1 fully saturated rings. The van der Waals surface area contributed by atoms with E-state index in [4.69, 9.17) is 11.1 Å². The molecule has 15 heavy (non-hydrogen) atoms. The van der Waals surface area contributed by atoms with Gasteiger partial charge < -0.3 is 15.5 Å². The molecule has 1 aliphatic heterocycles. The molecule has 0 unspecified atom stereocenters. The van der Waals surface area contributed by atoms with E-state index in [0.717, 1.165) is 38.6 Å². The number of piperazine rings is 1. The average molecular weight is 212 g/mol. The zero-order chi connectivity index (χ0) is 11.3. The van der Waals surface area contributed by atoms with Crippen LogP contribution in [0.1, 0.15) is 20.3 Å². The lowest BCUT2D eigenvalue weighted by molar-refractivity contribution is 0.124. The summed E-state index contributed by atoms with van der Waals surface area (Å²) in [5.41, 5.74) is 5.35. The molecule has 0 bridgehead atoms. The molecule has 0 atom stereocenters. The van der Waals surface area contributed by atoms with Gasteiger partial charge in [0.1, 0.15) is 0 Å². The Bertz CT molecular complexity index is 195. The monoisotopic (exact) mass is 212 g/mol. The lowest BCUT2D eigenvalue weighted by Gasteiger charge is -2.35. The zero-order valence-corrected chi connectivity index (χ0v) is 10.00. The summed E-state index contributed by atoms with van der Waals surface area (Å²) in [4.78, 5) is 4.92. The smallest absolute Gasteiger partial charge is 0.0918 e. The SMILES string of the molecule is CC(C)CN1CCN(CCC(=N)N)CC1. The number of nitrogens with two attached hydrogens (primary N) is 1. The van der Waals surface area contributed by atoms with Gasteiger partial charge in [0.05, 0.1) is 5.84 Å². The van der Waals surface area contributed by atoms with Crippen molar-refractivity contribution in [1.82, 2.24) is 9.80 Å². The molecule has 0 spiro atoms. The average Bonchev–Trinajstić information content (AvgIpc) is 2.16. The lowest BCUT2D eigenvalue weighted by Crippen LogP contribution is -2.47. The molecule has 0 radical (unpaired) electrons. The van der Waals surface area contributed by atoms with Crippen LogP contribution in [0, 0.1) is 11.3 Å². The molecular weight excluding hydrogens is 188 g/mol. The van der Waals surface area contributed by atoms with Crippen LogP contribution < -0.4 is 5.73 Å². The first kappa shape index (κ1) is 12.5. The Morgan fingerprint density at radius 3 is 2.20 bits per heavy atom. The molecule has 1 rings (SSSR count). The molecule has 0 aliphatic carbocycles. The fourth-order valence-electron chi connectivity index (χ4n) is 1.99. The van der Waals surface area contributed by atoms with E-state index < -0.39 is 0 Å². The van der Waals surface area contributed by atoms with Gasteiger partial charge in [-0.25, -0.2) is 0 Å². The van der Waals surface area contributed by atoms with E-state index in [1.165, 1.54) is 6.54 Å². The summed E-state index contributed by atoms with van der Waals surface area (Å²) in [6.07, 6.45) is 0.712. The molecular formula is C11H24N4. The van der Waals surface area contributed by atoms with Gasteiger partial charge in [-0.1, -0.05) is 13.8 Å².